The maximum atomic E-state index is 12.0. The zero-order chi connectivity index (χ0) is 24.2. The molecular weight excluding hydrogens is 446 g/mol. The van der Waals surface area contributed by atoms with Crippen LogP contribution < -0.4 is 10.9 Å². The topological polar surface area (TPSA) is 137 Å². The lowest BCUT2D eigenvalue weighted by molar-refractivity contribution is 0.526. The molecule has 35 heavy (non-hydrogen) atoms. The van der Waals surface area contributed by atoms with Gasteiger partial charge in [-0.05, 0) is 47.5 Å². The molecule has 1 atom stereocenters. The average Bonchev–Trinajstić information content (AvgIpc) is 3.62. The van der Waals surface area contributed by atoms with Gasteiger partial charge in [0.1, 0.15) is 11.4 Å². The molecule has 5 rings (SSSR count). The lowest BCUT2D eigenvalue weighted by atomic mass is 10.1. The van der Waals surface area contributed by atoms with Gasteiger partial charge in [-0.1, -0.05) is 20.3 Å². The van der Waals surface area contributed by atoms with Gasteiger partial charge in [0.25, 0.3) is 5.56 Å². The van der Waals surface area contributed by atoms with Crippen molar-refractivity contribution < 1.29 is 0 Å². The molecule has 1 unspecified atom stereocenters. The number of rotatable bonds is 10. The Hall–Kier alpha value is -4.35. The Morgan fingerprint density at radius 1 is 1.06 bits per heavy atom. The highest BCUT2D eigenvalue weighted by molar-refractivity contribution is 5.74. The van der Waals surface area contributed by atoms with Crippen LogP contribution in [0.1, 0.15) is 50.5 Å². The smallest absolute Gasteiger partial charge is 0.261 e. The van der Waals surface area contributed by atoms with Crippen LogP contribution in [-0.2, 0) is 13.1 Å². The largest absolute Gasteiger partial charge is 0.371 e. The van der Waals surface area contributed by atoms with E-state index in [1.54, 1.807) is 4.68 Å². The number of aromatic nitrogens is 10. The van der Waals surface area contributed by atoms with Crippen LogP contribution in [0.5, 0.6) is 0 Å². The molecule has 180 valence electrons. The van der Waals surface area contributed by atoms with Crippen LogP contribution in [0.4, 0.5) is 5.69 Å². The number of nitrogens with zero attached hydrogens (tertiary/aromatic N) is 9. The summed E-state index contributed by atoms with van der Waals surface area (Å²) in [6.45, 7) is 5.86. The summed E-state index contributed by atoms with van der Waals surface area (Å²) in [5, 5.41) is 25.4. The van der Waals surface area contributed by atoms with Crippen LogP contribution in [-0.4, -0.2) is 49.7 Å². The molecule has 0 aliphatic carbocycles. The zero-order valence-electron chi connectivity index (χ0n) is 19.7. The average molecular weight is 474 g/mol. The van der Waals surface area contributed by atoms with E-state index in [0.29, 0.717) is 11.0 Å². The third kappa shape index (κ3) is 4.54. The Labute approximate surface area is 201 Å². The standard InChI is InChI=1S/C23H27N11O/c1-3-5-11-33-22(29-30-31-33)20(16-12-26-32(14-16)10-4-2)28-17-6-8-18(9-7-17)34-21-19(13-27-34)23(35)25-15-24-21/h6-9,12-15,20,28H,3-5,10-11H2,1-2H3,(H,24,25,35). The molecule has 12 heteroatoms. The zero-order valence-corrected chi connectivity index (χ0v) is 19.7. The molecule has 0 saturated heterocycles. The van der Waals surface area contributed by atoms with Gasteiger partial charge < -0.3 is 10.3 Å². The van der Waals surface area contributed by atoms with Crippen molar-refractivity contribution in [3.8, 4) is 5.69 Å². The maximum Gasteiger partial charge on any atom is 0.261 e. The minimum atomic E-state index is -0.274. The van der Waals surface area contributed by atoms with Gasteiger partial charge in [0.2, 0.25) is 0 Å². The highest BCUT2D eigenvalue weighted by Crippen LogP contribution is 2.26. The van der Waals surface area contributed by atoms with Crippen molar-refractivity contribution in [3.63, 3.8) is 0 Å². The second-order valence-electron chi connectivity index (χ2n) is 8.30. The van der Waals surface area contributed by atoms with E-state index in [9.17, 15) is 4.79 Å². The predicted molar refractivity (Wildman–Crippen MR) is 130 cm³/mol. The fraction of sp³-hybridized carbons (Fsp3) is 0.348. The Kier molecular flexibility index (Phi) is 6.33. The summed E-state index contributed by atoms with van der Waals surface area (Å²) in [5.41, 5.74) is 2.95. The quantitative estimate of drug-likeness (QED) is 0.316. The molecule has 0 bridgehead atoms. The lowest BCUT2D eigenvalue weighted by Gasteiger charge is -2.18. The van der Waals surface area contributed by atoms with E-state index in [-0.39, 0.29) is 11.6 Å². The third-order valence-electron chi connectivity index (χ3n) is 5.77. The van der Waals surface area contributed by atoms with E-state index in [1.807, 2.05) is 46.0 Å². The van der Waals surface area contributed by atoms with E-state index >= 15 is 0 Å². The van der Waals surface area contributed by atoms with Crippen LogP contribution in [0, 0.1) is 0 Å². The first kappa shape index (κ1) is 22.4. The molecule has 4 aromatic heterocycles. The minimum absolute atomic E-state index is 0.216. The van der Waals surface area contributed by atoms with Gasteiger partial charge in [-0.3, -0.25) is 9.48 Å². The Bertz CT molecular complexity index is 1460. The van der Waals surface area contributed by atoms with Crippen LogP contribution in [0.15, 0.2) is 54.0 Å². The number of anilines is 1. The maximum absolute atomic E-state index is 12.0. The normalized spacial score (nSPS) is 12.3. The number of tetrazole rings is 1. The number of H-pyrrole nitrogens is 1. The van der Waals surface area contributed by atoms with Gasteiger partial charge in [0, 0.05) is 30.5 Å². The second-order valence-corrected chi connectivity index (χ2v) is 8.30. The van der Waals surface area contributed by atoms with Crippen molar-refractivity contribution in [2.24, 2.45) is 0 Å². The van der Waals surface area contributed by atoms with Crippen LogP contribution in [0.25, 0.3) is 16.7 Å². The van der Waals surface area contributed by atoms with E-state index < -0.39 is 0 Å². The molecule has 1 aromatic carbocycles. The summed E-state index contributed by atoms with van der Waals surface area (Å²) < 4.78 is 5.43. The monoisotopic (exact) mass is 473 g/mol. The summed E-state index contributed by atoms with van der Waals surface area (Å²) in [6, 6.07) is 7.49. The van der Waals surface area contributed by atoms with Crippen molar-refractivity contribution in [1.29, 1.82) is 0 Å². The van der Waals surface area contributed by atoms with Gasteiger partial charge in [-0.2, -0.15) is 10.2 Å². The molecule has 5 aromatic rings. The molecule has 0 fully saturated rings. The summed E-state index contributed by atoms with van der Waals surface area (Å²) >= 11 is 0. The first-order valence-corrected chi connectivity index (χ1v) is 11.7. The Morgan fingerprint density at radius 2 is 1.91 bits per heavy atom. The second kappa shape index (κ2) is 9.87. The summed E-state index contributed by atoms with van der Waals surface area (Å²) in [5.74, 6) is 0.736. The molecule has 0 aliphatic rings. The van der Waals surface area contributed by atoms with Crippen LogP contribution in [0.3, 0.4) is 0 Å². The highest BCUT2D eigenvalue weighted by Gasteiger charge is 2.23. The fourth-order valence-corrected chi connectivity index (χ4v) is 3.97. The number of nitrogens with one attached hydrogen (secondary N) is 2. The van der Waals surface area contributed by atoms with E-state index in [0.717, 1.165) is 55.1 Å². The molecule has 0 radical (unpaired) electrons. The summed E-state index contributed by atoms with van der Waals surface area (Å²) in [6.07, 6.45) is 9.84. The van der Waals surface area contributed by atoms with Crippen molar-refractivity contribution in [1.82, 2.24) is 49.7 Å². The molecule has 12 nitrogen and oxygen atoms in total. The van der Waals surface area contributed by atoms with Crippen LogP contribution >= 0.6 is 0 Å². The number of hydrogen-bond donors (Lipinski definition) is 2. The predicted octanol–water partition coefficient (Wildman–Crippen LogP) is 2.70. The lowest BCUT2D eigenvalue weighted by Crippen LogP contribution is -2.18. The molecule has 0 spiro atoms. The third-order valence-corrected chi connectivity index (χ3v) is 5.77. The number of fused-ring (bicyclic) bond motifs is 1. The minimum Gasteiger partial charge on any atom is -0.371 e. The summed E-state index contributed by atoms with van der Waals surface area (Å²) in [4.78, 5) is 18.8. The SMILES string of the molecule is CCCCn1nnnc1C(Nc1ccc(-n2ncc3c(=O)[nH]cnc32)cc1)c1cnn(CCC)c1. The molecule has 0 amide bonds. The van der Waals surface area contributed by atoms with Crippen LogP contribution in [0.2, 0.25) is 0 Å². The first-order valence-electron chi connectivity index (χ1n) is 11.7. The Morgan fingerprint density at radius 3 is 2.71 bits per heavy atom. The highest BCUT2D eigenvalue weighted by atomic mass is 16.1. The van der Waals surface area contributed by atoms with E-state index in [1.165, 1.54) is 12.5 Å². The molecule has 4 heterocycles. The number of aromatic amines is 1. The van der Waals surface area contributed by atoms with Crippen molar-refractivity contribution >= 4 is 16.7 Å². The van der Waals surface area contributed by atoms with E-state index in [2.05, 4.69) is 54.9 Å². The van der Waals surface area contributed by atoms with Gasteiger partial charge in [0.05, 0.1) is 24.4 Å². The van der Waals surface area contributed by atoms with Crippen molar-refractivity contribution in [2.45, 2.75) is 52.2 Å². The van der Waals surface area contributed by atoms with Gasteiger partial charge in [-0.15, -0.1) is 5.10 Å². The molecule has 0 aliphatic heterocycles. The summed E-state index contributed by atoms with van der Waals surface area (Å²) in [7, 11) is 0. The number of hydrogen-bond acceptors (Lipinski definition) is 8. The van der Waals surface area contributed by atoms with E-state index in [4.69, 9.17) is 0 Å². The first-order chi connectivity index (χ1) is 17.2. The van der Waals surface area contributed by atoms with Gasteiger partial charge >= 0.3 is 0 Å². The molecule has 0 saturated carbocycles. The van der Waals surface area contributed by atoms with Gasteiger partial charge in [0.15, 0.2) is 11.5 Å². The number of unbranched alkanes of at least 4 members (excludes halogenated alkanes) is 1. The number of benzene rings is 1. The van der Waals surface area contributed by atoms with Crippen molar-refractivity contribution in [3.05, 3.63) is 70.9 Å². The fourth-order valence-electron chi connectivity index (χ4n) is 3.97. The van der Waals surface area contributed by atoms with Gasteiger partial charge in [-0.25, -0.2) is 14.3 Å². The molecule has 2 N–H and O–H groups in total. The number of aryl methyl sites for hydroxylation is 2. The van der Waals surface area contributed by atoms with Crippen molar-refractivity contribution in [2.75, 3.05) is 5.32 Å². The molecular formula is C23H27N11O. The Balaban J connectivity index is 1.45.